The molecule has 2 heterocycles. The zero-order valence-corrected chi connectivity index (χ0v) is 11.9. The predicted octanol–water partition coefficient (Wildman–Crippen LogP) is 2.53. The zero-order chi connectivity index (χ0) is 13.2. The molecular formula is C14H26N2O2. The number of hydrogen-bond donors (Lipinski definition) is 1. The lowest BCUT2D eigenvalue weighted by Gasteiger charge is -2.35. The third-order valence-electron chi connectivity index (χ3n) is 3.74. The van der Waals surface area contributed by atoms with Crippen molar-refractivity contribution in [2.45, 2.75) is 70.6 Å². The van der Waals surface area contributed by atoms with Gasteiger partial charge >= 0.3 is 6.09 Å². The number of carbonyl (C=O) groups is 1. The normalized spacial score (nSPS) is 29.4. The van der Waals surface area contributed by atoms with Gasteiger partial charge in [-0.1, -0.05) is 6.42 Å². The van der Waals surface area contributed by atoms with E-state index in [1.54, 1.807) is 0 Å². The van der Waals surface area contributed by atoms with Crippen molar-refractivity contribution in [1.82, 2.24) is 10.2 Å². The lowest BCUT2D eigenvalue weighted by molar-refractivity contribution is 0.0186. The molecule has 0 unspecified atom stereocenters. The third-order valence-corrected chi connectivity index (χ3v) is 3.74. The van der Waals surface area contributed by atoms with Crippen LogP contribution in [-0.4, -0.2) is 41.8 Å². The van der Waals surface area contributed by atoms with E-state index in [9.17, 15) is 4.79 Å². The average Bonchev–Trinajstić information content (AvgIpc) is 2.76. The van der Waals surface area contributed by atoms with Crippen LogP contribution in [0.4, 0.5) is 4.79 Å². The van der Waals surface area contributed by atoms with Gasteiger partial charge in [0.2, 0.25) is 0 Å². The minimum absolute atomic E-state index is 0.141. The Morgan fingerprint density at radius 3 is 2.61 bits per heavy atom. The monoisotopic (exact) mass is 254 g/mol. The van der Waals surface area contributed by atoms with Gasteiger partial charge in [-0.05, 0) is 53.0 Å². The smallest absolute Gasteiger partial charge is 0.410 e. The molecule has 0 aromatic rings. The van der Waals surface area contributed by atoms with Gasteiger partial charge in [-0.2, -0.15) is 0 Å². The molecular weight excluding hydrogens is 228 g/mol. The van der Waals surface area contributed by atoms with Crippen molar-refractivity contribution in [3.8, 4) is 0 Å². The van der Waals surface area contributed by atoms with Gasteiger partial charge in [-0.3, -0.25) is 0 Å². The van der Waals surface area contributed by atoms with Crippen LogP contribution < -0.4 is 5.32 Å². The summed E-state index contributed by atoms with van der Waals surface area (Å²) in [5.41, 5.74) is -0.399. The summed E-state index contributed by atoms with van der Waals surface area (Å²) in [5.74, 6) is 0. The minimum Gasteiger partial charge on any atom is -0.444 e. The summed E-state index contributed by atoms with van der Waals surface area (Å²) in [6.07, 6.45) is 5.78. The number of rotatable bonds is 1. The second-order valence-electron chi connectivity index (χ2n) is 6.44. The summed E-state index contributed by atoms with van der Waals surface area (Å²) in [4.78, 5) is 14.1. The summed E-state index contributed by atoms with van der Waals surface area (Å²) >= 11 is 0. The highest BCUT2D eigenvalue weighted by molar-refractivity contribution is 5.69. The van der Waals surface area contributed by atoms with E-state index in [0.29, 0.717) is 12.1 Å². The van der Waals surface area contributed by atoms with Crippen LogP contribution in [0.1, 0.15) is 52.9 Å². The molecule has 4 heteroatoms. The maximum atomic E-state index is 12.2. The fraction of sp³-hybridized carbons (Fsp3) is 0.929. The van der Waals surface area contributed by atoms with Crippen molar-refractivity contribution < 1.29 is 9.53 Å². The molecule has 2 atom stereocenters. The Hall–Kier alpha value is -0.770. The van der Waals surface area contributed by atoms with Crippen LogP contribution in [0.15, 0.2) is 0 Å². The molecule has 2 aliphatic rings. The Balaban J connectivity index is 1.96. The Labute approximate surface area is 110 Å². The molecule has 0 aromatic carbocycles. The number of ether oxygens (including phenoxy) is 1. The van der Waals surface area contributed by atoms with Crippen molar-refractivity contribution in [3.63, 3.8) is 0 Å². The minimum atomic E-state index is -0.399. The number of piperidine rings is 1. The quantitative estimate of drug-likeness (QED) is 0.782. The summed E-state index contributed by atoms with van der Waals surface area (Å²) < 4.78 is 5.50. The van der Waals surface area contributed by atoms with Crippen molar-refractivity contribution in [1.29, 1.82) is 0 Å². The van der Waals surface area contributed by atoms with E-state index in [2.05, 4.69) is 5.32 Å². The Bertz CT molecular complexity index is 293. The van der Waals surface area contributed by atoms with E-state index < -0.39 is 5.60 Å². The molecule has 0 aromatic heterocycles. The van der Waals surface area contributed by atoms with E-state index >= 15 is 0 Å². The maximum absolute atomic E-state index is 12.2. The number of hydrogen-bond acceptors (Lipinski definition) is 3. The summed E-state index contributed by atoms with van der Waals surface area (Å²) in [6, 6.07) is 0.800. The van der Waals surface area contributed by atoms with Crippen molar-refractivity contribution in [2.24, 2.45) is 0 Å². The number of nitrogens with one attached hydrogen (secondary N) is 1. The summed E-state index contributed by atoms with van der Waals surface area (Å²) in [5, 5.41) is 3.56. The molecule has 2 rings (SSSR count). The third kappa shape index (κ3) is 3.37. The van der Waals surface area contributed by atoms with Crippen LogP contribution >= 0.6 is 0 Å². The predicted molar refractivity (Wildman–Crippen MR) is 71.6 cm³/mol. The number of carbonyl (C=O) groups excluding carboxylic acids is 1. The van der Waals surface area contributed by atoms with Crippen molar-refractivity contribution in [2.75, 3.05) is 13.1 Å². The first-order valence-corrected chi connectivity index (χ1v) is 7.20. The van der Waals surface area contributed by atoms with Crippen LogP contribution in [0.5, 0.6) is 0 Å². The van der Waals surface area contributed by atoms with Crippen molar-refractivity contribution in [3.05, 3.63) is 0 Å². The fourth-order valence-corrected chi connectivity index (χ4v) is 2.97. The van der Waals surface area contributed by atoms with Gasteiger partial charge in [0.1, 0.15) is 5.60 Å². The SMILES string of the molecule is CC(C)(C)OC(=O)N1CCC[C@@H]1[C@@H]1CCCCN1. The van der Waals surface area contributed by atoms with Crippen LogP contribution in [0.25, 0.3) is 0 Å². The standard InChI is InChI=1S/C14H26N2O2/c1-14(2,3)18-13(17)16-10-6-8-12(16)11-7-4-5-9-15-11/h11-12,15H,4-10H2,1-3H3/t11-,12+/m0/s1. The molecule has 1 amide bonds. The van der Waals surface area contributed by atoms with E-state index in [1.807, 2.05) is 25.7 Å². The van der Waals surface area contributed by atoms with Gasteiger partial charge in [0.05, 0.1) is 6.04 Å². The summed E-state index contributed by atoms with van der Waals surface area (Å²) in [6.45, 7) is 7.71. The van der Waals surface area contributed by atoms with E-state index in [1.165, 1.54) is 19.3 Å². The van der Waals surface area contributed by atoms with Gasteiger partial charge in [0.15, 0.2) is 0 Å². The first-order valence-electron chi connectivity index (χ1n) is 7.20. The van der Waals surface area contributed by atoms with Gasteiger partial charge in [-0.25, -0.2) is 4.79 Å². The molecule has 2 saturated heterocycles. The topological polar surface area (TPSA) is 41.6 Å². The average molecular weight is 254 g/mol. The van der Waals surface area contributed by atoms with Crippen LogP contribution in [-0.2, 0) is 4.74 Å². The molecule has 0 bridgehead atoms. The Morgan fingerprint density at radius 1 is 1.22 bits per heavy atom. The number of amides is 1. The van der Waals surface area contributed by atoms with E-state index in [0.717, 1.165) is 25.9 Å². The van der Waals surface area contributed by atoms with E-state index in [4.69, 9.17) is 4.74 Å². The molecule has 1 N–H and O–H groups in total. The van der Waals surface area contributed by atoms with Gasteiger partial charge in [0.25, 0.3) is 0 Å². The van der Waals surface area contributed by atoms with Gasteiger partial charge in [0, 0.05) is 12.6 Å². The molecule has 2 aliphatic heterocycles. The van der Waals surface area contributed by atoms with Crippen LogP contribution in [0.3, 0.4) is 0 Å². The highest BCUT2D eigenvalue weighted by Crippen LogP contribution is 2.26. The molecule has 4 nitrogen and oxygen atoms in total. The molecule has 0 spiro atoms. The maximum Gasteiger partial charge on any atom is 0.410 e. The molecule has 0 aliphatic carbocycles. The molecule has 0 saturated carbocycles. The number of nitrogens with zero attached hydrogens (tertiary/aromatic N) is 1. The molecule has 104 valence electrons. The van der Waals surface area contributed by atoms with Gasteiger partial charge < -0.3 is 15.0 Å². The Kier molecular flexibility index (Phi) is 4.15. The Morgan fingerprint density at radius 2 is 2.00 bits per heavy atom. The molecule has 0 radical (unpaired) electrons. The lowest BCUT2D eigenvalue weighted by Crippen LogP contribution is -2.51. The lowest BCUT2D eigenvalue weighted by atomic mass is 9.96. The second kappa shape index (κ2) is 5.47. The molecule has 18 heavy (non-hydrogen) atoms. The number of likely N-dealkylation sites (tertiary alicyclic amines) is 1. The summed E-state index contributed by atoms with van der Waals surface area (Å²) in [7, 11) is 0. The van der Waals surface area contributed by atoms with Gasteiger partial charge in [-0.15, -0.1) is 0 Å². The van der Waals surface area contributed by atoms with Crippen LogP contribution in [0, 0.1) is 0 Å². The second-order valence-corrected chi connectivity index (χ2v) is 6.44. The van der Waals surface area contributed by atoms with Crippen LogP contribution in [0.2, 0.25) is 0 Å². The largest absolute Gasteiger partial charge is 0.444 e. The van der Waals surface area contributed by atoms with E-state index in [-0.39, 0.29) is 6.09 Å². The first-order chi connectivity index (χ1) is 8.47. The highest BCUT2D eigenvalue weighted by Gasteiger charge is 2.37. The van der Waals surface area contributed by atoms with Crippen molar-refractivity contribution >= 4 is 6.09 Å². The fourth-order valence-electron chi connectivity index (χ4n) is 2.97. The molecule has 2 fully saturated rings. The highest BCUT2D eigenvalue weighted by atomic mass is 16.6. The first kappa shape index (κ1) is 13.7. The zero-order valence-electron chi connectivity index (χ0n) is 11.9.